The van der Waals surface area contributed by atoms with Gasteiger partial charge >= 0.3 is 0 Å². The Labute approximate surface area is 82.1 Å². The lowest BCUT2D eigenvalue weighted by Gasteiger charge is -2.19. The van der Waals surface area contributed by atoms with E-state index in [2.05, 4.69) is 18.2 Å². The summed E-state index contributed by atoms with van der Waals surface area (Å²) in [6.45, 7) is 0. The largest absolute Gasteiger partial charge is 0.460 e. The summed E-state index contributed by atoms with van der Waals surface area (Å²) in [5.41, 5.74) is 3.43. The Morgan fingerprint density at radius 1 is 1.29 bits per heavy atom. The van der Waals surface area contributed by atoms with Crippen molar-refractivity contribution in [3.8, 4) is 5.75 Å². The second-order valence-corrected chi connectivity index (χ2v) is 3.53. The number of allylic oxidation sites excluding steroid dienone is 1. The molecule has 0 fully saturated rings. The van der Waals surface area contributed by atoms with Gasteiger partial charge in [0.05, 0.1) is 0 Å². The standard InChI is InChI=1S/C12H10O2/c13-11-7-6-9-5-4-8-2-1-3-10(8)12(9)14-11/h1,3-7,11,13H,2H2. The van der Waals surface area contributed by atoms with Crippen molar-refractivity contribution in [1.29, 1.82) is 0 Å². The van der Waals surface area contributed by atoms with Gasteiger partial charge in [-0.25, -0.2) is 0 Å². The lowest BCUT2D eigenvalue weighted by Crippen LogP contribution is -2.16. The van der Waals surface area contributed by atoms with Gasteiger partial charge < -0.3 is 9.84 Å². The van der Waals surface area contributed by atoms with Crippen molar-refractivity contribution in [2.75, 3.05) is 0 Å². The summed E-state index contributed by atoms with van der Waals surface area (Å²) in [6, 6.07) is 4.14. The maximum atomic E-state index is 9.35. The summed E-state index contributed by atoms with van der Waals surface area (Å²) in [5.74, 6) is 0.811. The van der Waals surface area contributed by atoms with Gasteiger partial charge in [-0.05, 0) is 24.1 Å². The van der Waals surface area contributed by atoms with Crippen LogP contribution in [0.2, 0.25) is 0 Å². The Balaban J connectivity index is 2.22. The molecule has 0 saturated carbocycles. The fraction of sp³-hybridized carbons (Fsp3) is 0.167. The molecule has 2 heteroatoms. The second kappa shape index (κ2) is 2.72. The highest BCUT2D eigenvalue weighted by Gasteiger charge is 2.18. The Bertz CT molecular complexity index is 444. The number of aliphatic hydroxyl groups excluding tert-OH is 1. The van der Waals surface area contributed by atoms with Crippen molar-refractivity contribution >= 4 is 12.2 Å². The molecule has 1 aliphatic heterocycles. The molecule has 1 unspecified atom stereocenters. The molecule has 3 rings (SSSR count). The highest BCUT2D eigenvalue weighted by Crippen LogP contribution is 2.35. The third-order valence-corrected chi connectivity index (χ3v) is 2.62. The van der Waals surface area contributed by atoms with E-state index in [4.69, 9.17) is 4.74 Å². The molecule has 1 N–H and O–H groups in total. The van der Waals surface area contributed by atoms with Crippen LogP contribution in [0.1, 0.15) is 16.7 Å². The highest BCUT2D eigenvalue weighted by atomic mass is 16.6. The summed E-state index contributed by atoms with van der Waals surface area (Å²) >= 11 is 0. The van der Waals surface area contributed by atoms with E-state index in [1.54, 1.807) is 6.08 Å². The SMILES string of the molecule is OC1C=Cc2ccc3c(c2O1)C=CC3. The number of benzene rings is 1. The summed E-state index contributed by atoms with van der Waals surface area (Å²) in [6.07, 6.45) is 7.87. The minimum Gasteiger partial charge on any atom is -0.460 e. The molecule has 2 nitrogen and oxygen atoms in total. The number of rotatable bonds is 0. The van der Waals surface area contributed by atoms with Gasteiger partial charge in [0.1, 0.15) is 5.75 Å². The lowest BCUT2D eigenvalue weighted by atomic mass is 10.0. The first-order chi connectivity index (χ1) is 6.84. The third kappa shape index (κ3) is 1.01. The topological polar surface area (TPSA) is 29.5 Å². The van der Waals surface area contributed by atoms with Crippen molar-refractivity contribution in [1.82, 2.24) is 0 Å². The van der Waals surface area contributed by atoms with Crippen LogP contribution in [0.5, 0.6) is 5.75 Å². The Hall–Kier alpha value is -1.54. The fourth-order valence-electron chi connectivity index (χ4n) is 1.93. The quantitative estimate of drug-likeness (QED) is 0.671. The predicted molar refractivity (Wildman–Crippen MR) is 54.8 cm³/mol. The Morgan fingerprint density at radius 3 is 3.14 bits per heavy atom. The summed E-state index contributed by atoms with van der Waals surface area (Å²) in [5, 5.41) is 9.35. The molecule has 1 aliphatic carbocycles. The first kappa shape index (κ1) is 7.83. The van der Waals surface area contributed by atoms with Crippen molar-refractivity contribution in [2.24, 2.45) is 0 Å². The van der Waals surface area contributed by atoms with E-state index in [1.165, 1.54) is 5.56 Å². The van der Waals surface area contributed by atoms with Crippen LogP contribution in [0.3, 0.4) is 0 Å². The van der Waals surface area contributed by atoms with E-state index < -0.39 is 6.29 Å². The Morgan fingerprint density at radius 2 is 2.21 bits per heavy atom. The maximum absolute atomic E-state index is 9.35. The fourth-order valence-corrected chi connectivity index (χ4v) is 1.93. The molecule has 0 saturated heterocycles. The van der Waals surface area contributed by atoms with E-state index in [1.807, 2.05) is 12.1 Å². The van der Waals surface area contributed by atoms with Gasteiger partial charge in [-0.15, -0.1) is 0 Å². The van der Waals surface area contributed by atoms with Gasteiger partial charge in [-0.3, -0.25) is 0 Å². The molecular weight excluding hydrogens is 176 g/mol. The molecule has 1 heterocycles. The molecule has 14 heavy (non-hydrogen) atoms. The van der Waals surface area contributed by atoms with Crippen LogP contribution in [0, 0.1) is 0 Å². The third-order valence-electron chi connectivity index (χ3n) is 2.62. The van der Waals surface area contributed by atoms with Crippen molar-refractivity contribution < 1.29 is 9.84 Å². The van der Waals surface area contributed by atoms with Gasteiger partial charge in [0.25, 0.3) is 0 Å². The van der Waals surface area contributed by atoms with E-state index in [0.717, 1.165) is 23.3 Å². The molecule has 0 radical (unpaired) electrons. The molecule has 70 valence electrons. The van der Waals surface area contributed by atoms with E-state index in [0.29, 0.717) is 0 Å². The number of hydrogen-bond donors (Lipinski definition) is 1. The molecule has 2 aliphatic rings. The maximum Gasteiger partial charge on any atom is 0.217 e. The van der Waals surface area contributed by atoms with Crippen LogP contribution in [0.15, 0.2) is 24.3 Å². The number of hydrogen-bond acceptors (Lipinski definition) is 2. The van der Waals surface area contributed by atoms with Crippen LogP contribution < -0.4 is 4.74 Å². The molecule has 1 aromatic carbocycles. The molecule has 0 bridgehead atoms. The zero-order chi connectivity index (χ0) is 9.54. The van der Waals surface area contributed by atoms with Gasteiger partial charge in [0.2, 0.25) is 6.29 Å². The van der Waals surface area contributed by atoms with E-state index in [-0.39, 0.29) is 0 Å². The van der Waals surface area contributed by atoms with Crippen LogP contribution in [-0.2, 0) is 6.42 Å². The van der Waals surface area contributed by atoms with Crippen LogP contribution in [-0.4, -0.2) is 11.4 Å². The first-order valence-electron chi connectivity index (χ1n) is 4.70. The van der Waals surface area contributed by atoms with Crippen LogP contribution >= 0.6 is 0 Å². The second-order valence-electron chi connectivity index (χ2n) is 3.53. The zero-order valence-corrected chi connectivity index (χ0v) is 7.60. The van der Waals surface area contributed by atoms with Crippen LogP contribution in [0.4, 0.5) is 0 Å². The average molecular weight is 186 g/mol. The number of fused-ring (bicyclic) bond motifs is 3. The molecular formula is C12H10O2. The monoisotopic (exact) mass is 186 g/mol. The molecule has 1 atom stereocenters. The summed E-state index contributed by atoms with van der Waals surface area (Å²) in [7, 11) is 0. The van der Waals surface area contributed by atoms with Crippen LogP contribution in [0.25, 0.3) is 12.2 Å². The first-order valence-corrected chi connectivity index (χ1v) is 4.70. The summed E-state index contributed by atoms with van der Waals surface area (Å²) in [4.78, 5) is 0. The highest BCUT2D eigenvalue weighted by molar-refractivity contribution is 5.74. The minimum atomic E-state index is -0.803. The summed E-state index contributed by atoms with van der Waals surface area (Å²) < 4.78 is 5.39. The van der Waals surface area contributed by atoms with Gasteiger partial charge in [0.15, 0.2) is 0 Å². The normalized spacial score (nSPS) is 21.6. The molecule has 0 aromatic heterocycles. The van der Waals surface area contributed by atoms with Crippen molar-refractivity contribution in [3.05, 3.63) is 41.0 Å². The smallest absolute Gasteiger partial charge is 0.217 e. The van der Waals surface area contributed by atoms with Crippen molar-refractivity contribution in [3.63, 3.8) is 0 Å². The molecule has 1 aromatic rings. The van der Waals surface area contributed by atoms with Gasteiger partial charge in [0, 0.05) is 11.1 Å². The minimum absolute atomic E-state index is 0.803. The van der Waals surface area contributed by atoms with Gasteiger partial charge in [-0.1, -0.05) is 24.3 Å². The average Bonchev–Trinajstić information content (AvgIpc) is 2.65. The van der Waals surface area contributed by atoms with E-state index in [9.17, 15) is 5.11 Å². The Kier molecular flexibility index (Phi) is 1.52. The molecule has 0 spiro atoms. The predicted octanol–water partition coefficient (Wildman–Crippen LogP) is 1.98. The van der Waals surface area contributed by atoms with Gasteiger partial charge in [-0.2, -0.15) is 0 Å². The zero-order valence-electron chi connectivity index (χ0n) is 7.60. The van der Waals surface area contributed by atoms with E-state index >= 15 is 0 Å². The molecule has 0 amide bonds. The number of ether oxygens (including phenoxy) is 1. The lowest BCUT2D eigenvalue weighted by molar-refractivity contribution is 0.0229. The van der Waals surface area contributed by atoms with Crippen molar-refractivity contribution in [2.45, 2.75) is 12.7 Å². The number of aliphatic hydroxyl groups is 1.